The van der Waals surface area contributed by atoms with E-state index >= 15 is 0 Å². The van der Waals surface area contributed by atoms with Gasteiger partial charge in [0.25, 0.3) is 0 Å². The molecule has 1 aromatic carbocycles. The quantitative estimate of drug-likeness (QED) is 0.646. The summed E-state index contributed by atoms with van der Waals surface area (Å²) in [5.41, 5.74) is 2.81. The lowest BCUT2D eigenvalue weighted by molar-refractivity contribution is 0.0989. The Bertz CT molecular complexity index is 535. The van der Waals surface area contributed by atoms with Crippen LogP contribution in [-0.4, -0.2) is 5.78 Å². The van der Waals surface area contributed by atoms with Crippen LogP contribution >= 0.6 is 0 Å². The minimum atomic E-state index is -0.0527. The highest BCUT2D eigenvalue weighted by Gasteiger charge is 2.07. The van der Waals surface area contributed by atoms with Crippen molar-refractivity contribution in [3.63, 3.8) is 0 Å². The van der Waals surface area contributed by atoms with Gasteiger partial charge in [0.15, 0.2) is 11.5 Å². The molecule has 0 unspecified atom stereocenters. The average Bonchev–Trinajstić information content (AvgIpc) is 2.86. The van der Waals surface area contributed by atoms with Crippen molar-refractivity contribution >= 4 is 22.3 Å². The minimum absolute atomic E-state index is 0.0527. The van der Waals surface area contributed by atoms with Crippen molar-refractivity contribution in [3.8, 4) is 0 Å². The van der Waals surface area contributed by atoms with Gasteiger partial charge >= 0.3 is 0 Å². The van der Waals surface area contributed by atoms with Crippen molar-refractivity contribution in [2.45, 2.75) is 41.5 Å². The first-order valence-electron chi connectivity index (χ1n) is 6.78. The summed E-state index contributed by atoms with van der Waals surface area (Å²) in [6, 6.07) is 7.56. The molecule has 0 amide bonds. The molecule has 104 valence electrons. The highest BCUT2D eigenvalue weighted by Crippen LogP contribution is 2.23. The SMILES string of the molecule is C=C(C)c1ccc2oc(C(C)=O)cc2c1.CC.CC. The Balaban J connectivity index is 0.000000741. The van der Waals surface area contributed by atoms with Gasteiger partial charge in [-0.25, -0.2) is 0 Å². The van der Waals surface area contributed by atoms with E-state index in [-0.39, 0.29) is 5.78 Å². The number of hydrogen-bond acceptors (Lipinski definition) is 2. The Labute approximate surface area is 116 Å². The topological polar surface area (TPSA) is 30.2 Å². The molecule has 1 heterocycles. The monoisotopic (exact) mass is 260 g/mol. The highest BCUT2D eigenvalue weighted by molar-refractivity contribution is 5.96. The van der Waals surface area contributed by atoms with Gasteiger partial charge < -0.3 is 4.42 Å². The molecule has 2 nitrogen and oxygen atoms in total. The Morgan fingerprint density at radius 2 is 1.63 bits per heavy atom. The molecule has 0 aliphatic carbocycles. The molecule has 0 saturated heterocycles. The van der Waals surface area contributed by atoms with Crippen LogP contribution in [0, 0.1) is 0 Å². The van der Waals surface area contributed by atoms with Crippen LogP contribution in [0.3, 0.4) is 0 Å². The maximum absolute atomic E-state index is 11.1. The zero-order valence-electron chi connectivity index (χ0n) is 12.8. The number of hydrogen-bond donors (Lipinski definition) is 0. The molecule has 0 aliphatic heterocycles. The van der Waals surface area contributed by atoms with Crippen molar-refractivity contribution in [3.05, 3.63) is 42.2 Å². The van der Waals surface area contributed by atoms with E-state index < -0.39 is 0 Å². The third-order valence-corrected chi connectivity index (χ3v) is 2.36. The van der Waals surface area contributed by atoms with Crippen molar-refractivity contribution < 1.29 is 9.21 Å². The van der Waals surface area contributed by atoms with E-state index in [4.69, 9.17) is 4.42 Å². The number of allylic oxidation sites excluding steroid dienone is 1. The van der Waals surface area contributed by atoms with Gasteiger partial charge in [0.1, 0.15) is 5.58 Å². The number of Topliss-reactive ketones (excluding diaryl/α,β-unsaturated/α-hetero) is 1. The standard InChI is InChI=1S/C13H12O2.2C2H6/c1-8(2)10-4-5-12-11(6-10)7-13(15-12)9(3)14;2*1-2/h4-7H,1H2,2-3H3;2*1-2H3. The second-order valence-corrected chi connectivity index (χ2v) is 3.70. The molecule has 2 heteroatoms. The summed E-state index contributed by atoms with van der Waals surface area (Å²) < 4.78 is 5.38. The lowest BCUT2D eigenvalue weighted by atomic mass is 10.1. The number of carbonyl (C=O) groups is 1. The molecule has 0 N–H and O–H groups in total. The van der Waals surface area contributed by atoms with Crippen LogP contribution in [0.1, 0.15) is 57.7 Å². The van der Waals surface area contributed by atoms with Crippen LogP contribution in [0.15, 0.2) is 35.3 Å². The number of furan rings is 1. The van der Waals surface area contributed by atoms with Gasteiger partial charge in [-0.15, -0.1) is 0 Å². The fourth-order valence-corrected chi connectivity index (χ4v) is 1.48. The van der Waals surface area contributed by atoms with Crippen LogP contribution < -0.4 is 0 Å². The van der Waals surface area contributed by atoms with Crippen molar-refractivity contribution in [2.24, 2.45) is 0 Å². The van der Waals surface area contributed by atoms with E-state index in [0.717, 1.165) is 22.1 Å². The number of carbonyl (C=O) groups excluding carboxylic acids is 1. The lowest BCUT2D eigenvalue weighted by Gasteiger charge is -1.97. The van der Waals surface area contributed by atoms with E-state index in [9.17, 15) is 4.79 Å². The molecule has 2 rings (SSSR count). The predicted octanol–water partition coefficient (Wildman–Crippen LogP) is 5.72. The summed E-state index contributed by atoms with van der Waals surface area (Å²) >= 11 is 0. The van der Waals surface area contributed by atoms with Gasteiger partial charge in [0.2, 0.25) is 0 Å². The summed E-state index contributed by atoms with van der Waals surface area (Å²) in [5.74, 6) is 0.354. The second kappa shape index (κ2) is 8.30. The maximum atomic E-state index is 11.1. The molecule has 0 spiro atoms. The number of rotatable bonds is 2. The van der Waals surface area contributed by atoms with Gasteiger partial charge in [-0.1, -0.05) is 45.9 Å². The first-order chi connectivity index (χ1) is 9.08. The first-order valence-corrected chi connectivity index (χ1v) is 6.78. The normalized spacial score (nSPS) is 8.95. The largest absolute Gasteiger partial charge is 0.453 e. The van der Waals surface area contributed by atoms with E-state index in [1.54, 1.807) is 6.07 Å². The molecule has 0 atom stereocenters. The molecule has 2 aromatic rings. The van der Waals surface area contributed by atoms with Crippen LogP contribution in [-0.2, 0) is 0 Å². The number of ketones is 1. The molecule has 0 fully saturated rings. The van der Waals surface area contributed by atoms with Crippen molar-refractivity contribution in [1.82, 2.24) is 0 Å². The number of fused-ring (bicyclic) bond motifs is 1. The number of benzene rings is 1. The first kappa shape index (κ1) is 17.2. The summed E-state index contributed by atoms with van der Waals surface area (Å²) in [6.07, 6.45) is 0. The van der Waals surface area contributed by atoms with Gasteiger partial charge in [-0.05, 0) is 30.7 Å². The summed E-state index contributed by atoms with van der Waals surface area (Å²) in [7, 11) is 0. The smallest absolute Gasteiger partial charge is 0.194 e. The van der Waals surface area contributed by atoms with E-state index in [0.29, 0.717) is 5.76 Å². The molecule has 0 bridgehead atoms. The van der Waals surface area contributed by atoms with Crippen LogP contribution in [0.25, 0.3) is 16.5 Å². The van der Waals surface area contributed by atoms with E-state index in [1.165, 1.54) is 6.92 Å². The third kappa shape index (κ3) is 4.40. The lowest BCUT2D eigenvalue weighted by Crippen LogP contribution is -1.85. The molecular formula is C17H24O2. The predicted molar refractivity (Wildman–Crippen MR) is 83.6 cm³/mol. The zero-order chi connectivity index (χ0) is 15.0. The Morgan fingerprint density at radius 1 is 1.05 bits per heavy atom. The second-order valence-electron chi connectivity index (χ2n) is 3.70. The fraction of sp³-hybridized carbons (Fsp3) is 0.353. The molecule has 1 aromatic heterocycles. The van der Waals surface area contributed by atoms with Crippen molar-refractivity contribution in [2.75, 3.05) is 0 Å². The zero-order valence-corrected chi connectivity index (χ0v) is 12.8. The Morgan fingerprint density at radius 3 is 2.11 bits per heavy atom. The molecule has 0 radical (unpaired) electrons. The average molecular weight is 260 g/mol. The Kier molecular flexibility index (Phi) is 7.50. The fourth-order valence-electron chi connectivity index (χ4n) is 1.48. The van der Waals surface area contributed by atoms with Crippen LogP contribution in [0.5, 0.6) is 0 Å². The summed E-state index contributed by atoms with van der Waals surface area (Å²) in [6.45, 7) is 15.3. The van der Waals surface area contributed by atoms with Crippen molar-refractivity contribution in [1.29, 1.82) is 0 Å². The van der Waals surface area contributed by atoms with Gasteiger partial charge in [0, 0.05) is 12.3 Å². The minimum Gasteiger partial charge on any atom is -0.453 e. The summed E-state index contributed by atoms with van der Waals surface area (Å²) in [5, 5.41) is 0.945. The Hall–Kier alpha value is -1.83. The van der Waals surface area contributed by atoms with Gasteiger partial charge in [-0.2, -0.15) is 0 Å². The third-order valence-electron chi connectivity index (χ3n) is 2.36. The highest BCUT2D eigenvalue weighted by atomic mass is 16.3. The molecular weight excluding hydrogens is 236 g/mol. The molecule has 0 aliphatic rings. The van der Waals surface area contributed by atoms with Crippen LogP contribution in [0.2, 0.25) is 0 Å². The maximum Gasteiger partial charge on any atom is 0.194 e. The molecule has 19 heavy (non-hydrogen) atoms. The molecule has 0 saturated carbocycles. The van der Waals surface area contributed by atoms with Gasteiger partial charge in [0.05, 0.1) is 0 Å². The van der Waals surface area contributed by atoms with Gasteiger partial charge in [-0.3, -0.25) is 4.79 Å². The van der Waals surface area contributed by atoms with E-state index in [1.807, 2.05) is 52.8 Å². The summed E-state index contributed by atoms with van der Waals surface area (Å²) in [4.78, 5) is 11.1. The van der Waals surface area contributed by atoms with E-state index in [2.05, 4.69) is 6.58 Å². The van der Waals surface area contributed by atoms with Crippen LogP contribution in [0.4, 0.5) is 0 Å².